The van der Waals surface area contributed by atoms with Crippen LogP contribution in [0, 0.1) is 6.92 Å². The highest BCUT2D eigenvalue weighted by molar-refractivity contribution is 5.76. The van der Waals surface area contributed by atoms with Crippen LogP contribution < -0.4 is 14.8 Å². The number of hydrogen-bond acceptors (Lipinski definition) is 4. The average Bonchev–Trinajstić information content (AvgIpc) is 3.07. The van der Waals surface area contributed by atoms with E-state index in [4.69, 9.17) is 9.47 Å². The lowest BCUT2D eigenvalue weighted by Gasteiger charge is -2.29. The van der Waals surface area contributed by atoms with Crippen molar-refractivity contribution in [3.63, 3.8) is 0 Å². The fraction of sp³-hybridized carbons (Fsp3) is 0.364. The third-order valence-electron chi connectivity index (χ3n) is 5.46. The zero-order valence-corrected chi connectivity index (χ0v) is 17.1. The molecule has 0 radical (unpaired) electrons. The quantitative estimate of drug-likeness (QED) is 0.722. The molecule has 1 N–H and O–H groups in total. The van der Waals surface area contributed by atoms with Crippen LogP contribution in [0.3, 0.4) is 0 Å². The normalized spacial score (nSPS) is 13.3. The number of aromatic nitrogens is 2. The molecule has 7 heteroatoms. The van der Waals surface area contributed by atoms with E-state index in [9.17, 15) is 4.79 Å². The fourth-order valence-corrected chi connectivity index (χ4v) is 3.92. The molecule has 2 amide bonds. The van der Waals surface area contributed by atoms with E-state index in [0.29, 0.717) is 31.9 Å². The molecule has 1 aliphatic heterocycles. The Labute approximate surface area is 170 Å². The van der Waals surface area contributed by atoms with E-state index in [1.807, 2.05) is 42.2 Å². The molecule has 0 bridgehead atoms. The molecule has 4 rings (SSSR count). The van der Waals surface area contributed by atoms with E-state index in [1.54, 1.807) is 14.2 Å². The van der Waals surface area contributed by atoms with Crippen molar-refractivity contribution in [2.45, 2.75) is 26.4 Å². The number of hydrogen-bond donors (Lipinski definition) is 1. The number of fused-ring (bicyclic) bond motifs is 2. The van der Waals surface area contributed by atoms with Crippen molar-refractivity contribution in [1.29, 1.82) is 0 Å². The maximum atomic E-state index is 12.7. The first kappa shape index (κ1) is 19.1. The molecule has 152 valence electrons. The van der Waals surface area contributed by atoms with Crippen molar-refractivity contribution in [3.8, 4) is 11.5 Å². The summed E-state index contributed by atoms with van der Waals surface area (Å²) < 4.78 is 12.9. The van der Waals surface area contributed by atoms with E-state index in [1.165, 1.54) is 5.56 Å². The second kappa shape index (κ2) is 8.03. The van der Waals surface area contributed by atoms with Gasteiger partial charge in [0.1, 0.15) is 5.82 Å². The number of urea groups is 1. The zero-order chi connectivity index (χ0) is 20.4. The van der Waals surface area contributed by atoms with Gasteiger partial charge in [-0.25, -0.2) is 9.78 Å². The zero-order valence-electron chi connectivity index (χ0n) is 17.1. The highest BCUT2D eigenvalue weighted by atomic mass is 16.5. The number of benzene rings is 2. The molecular formula is C22H26N4O3. The summed E-state index contributed by atoms with van der Waals surface area (Å²) in [4.78, 5) is 19.1. The highest BCUT2D eigenvalue weighted by Gasteiger charge is 2.22. The van der Waals surface area contributed by atoms with Crippen molar-refractivity contribution in [2.75, 3.05) is 27.3 Å². The molecular weight excluding hydrogens is 368 g/mol. The standard InChI is InChI=1S/C22H26N4O3/c1-15-24-18-6-4-5-7-19(18)26(15)11-9-23-22(27)25-10-8-16-12-20(28-2)21(29-3)13-17(16)14-25/h4-7,12-13H,8-11,14H2,1-3H3,(H,23,27). The summed E-state index contributed by atoms with van der Waals surface area (Å²) in [7, 11) is 3.26. The van der Waals surface area contributed by atoms with E-state index >= 15 is 0 Å². The van der Waals surface area contributed by atoms with Gasteiger partial charge in [0.2, 0.25) is 0 Å². The molecule has 0 spiro atoms. The Hall–Kier alpha value is -3.22. The number of carbonyl (C=O) groups is 1. The van der Waals surface area contributed by atoms with Crippen LogP contribution in [-0.4, -0.2) is 47.8 Å². The molecule has 0 aliphatic carbocycles. The summed E-state index contributed by atoms with van der Waals surface area (Å²) in [5, 5.41) is 3.05. The van der Waals surface area contributed by atoms with Crippen molar-refractivity contribution < 1.29 is 14.3 Å². The van der Waals surface area contributed by atoms with Crippen LogP contribution in [0.25, 0.3) is 11.0 Å². The topological polar surface area (TPSA) is 68.6 Å². The summed E-state index contributed by atoms with van der Waals surface area (Å²) in [6.45, 7) is 4.48. The SMILES string of the molecule is COc1cc2c(cc1OC)CN(C(=O)NCCn1c(C)nc3ccccc31)CC2. The Balaban J connectivity index is 1.39. The molecule has 29 heavy (non-hydrogen) atoms. The number of aryl methyl sites for hydroxylation is 1. The predicted molar refractivity (Wildman–Crippen MR) is 112 cm³/mol. The lowest BCUT2D eigenvalue weighted by molar-refractivity contribution is 0.192. The van der Waals surface area contributed by atoms with Gasteiger partial charge in [-0.05, 0) is 48.7 Å². The number of methoxy groups -OCH3 is 2. The monoisotopic (exact) mass is 394 g/mol. The van der Waals surface area contributed by atoms with Gasteiger partial charge in [-0.15, -0.1) is 0 Å². The molecule has 1 aliphatic rings. The number of ether oxygens (including phenoxy) is 2. The molecule has 0 atom stereocenters. The van der Waals surface area contributed by atoms with Crippen LogP contribution in [0.4, 0.5) is 4.79 Å². The van der Waals surface area contributed by atoms with Crippen LogP contribution in [0.5, 0.6) is 11.5 Å². The van der Waals surface area contributed by atoms with Gasteiger partial charge < -0.3 is 24.3 Å². The van der Waals surface area contributed by atoms with Crippen molar-refractivity contribution >= 4 is 17.1 Å². The Bertz CT molecular complexity index is 1040. The summed E-state index contributed by atoms with van der Waals surface area (Å²) in [6.07, 6.45) is 0.800. The van der Waals surface area contributed by atoms with Gasteiger partial charge in [0, 0.05) is 26.2 Å². The lowest BCUT2D eigenvalue weighted by atomic mass is 9.99. The third-order valence-corrected chi connectivity index (χ3v) is 5.46. The number of nitrogens with zero attached hydrogens (tertiary/aromatic N) is 3. The molecule has 0 unspecified atom stereocenters. The van der Waals surface area contributed by atoms with Crippen LogP contribution in [0.1, 0.15) is 17.0 Å². The van der Waals surface area contributed by atoms with Crippen LogP contribution in [0.15, 0.2) is 36.4 Å². The Morgan fingerprint density at radius 1 is 1.14 bits per heavy atom. The van der Waals surface area contributed by atoms with Gasteiger partial charge >= 0.3 is 6.03 Å². The van der Waals surface area contributed by atoms with Crippen LogP contribution >= 0.6 is 0 Å². The summed E-state index contributed by atoms with van der Waals surface area (Å²) in [5.41, 5.74) is 4.37. The van der Waals surface area contributed by atoms with Gasteiger partial charge in [-0.1, -0.05) is 12.1 Å². The van der Waals surface area contributed by atoms with E-state index < -0.39 is 0 Å². The summed E-state index contributed by atoms with van der Waals surface area (Å²) >= 11 is 0. The fourth-order valence-electron chi connectivity index (χ4n) is 3.92. The second-order valence-corrected chi connectivity index (χ2v) is 7.18. The van der Waals surface area contributed by atoms with Crippen molar-refractivity contribution in [1.82, 2.24) is 19.8 Å². The van der Waals surface area contributed by atoms with Crippen LogP contribution in [0.2, 0.25) is 0 Å². The highest BCUT2D eigenvalue weighted by Crippen LogP contribution is 2.33. The predicted octanol–water partition coefficient (Wildman–Crippen LogP) is 3.13. The van der Waals surface area contributed by atoms with E-state index in [-0.39, 0.29) is 6.03 Å². The Kier molecular flexibility index (Phi) is 5.29. The minimum absolute atomic E-state index is 0.0486. The Morgan fingerprint density at radius 2 is 1.86 bits per heavy atom. The van der Waals surface area contributed by atoms with E-state index in [2.05, 4.69) is 20.9 Å². The van der Waals surface area contributed by atoms with Crippen molar-refractivity contribution in [3.05, 3.63) is 53.3 Å². The number of imidazole rings is 1. The van der Waals surface area contributed by atoms with E-state index in [0.717, 1.165) is 34.6 Å². The smallest absolute Gasteiger partial charge is 0.317 e. The second-order valence-electron chi connectivity index (χ2n) is 7.18. The number of nitrogens with one attached hydrogen (secondary N) is 1. The Morgan fingerprint density at radius 3 is 2.62 bits per heavy atom. The maximum Gasteiger partial charge on any atom is 0.317 e. The van der Waals surface area contributed by atoms with Gasteiger partial charge in [0.05, 0.1) is 25.3 Å². The molecule has 3 aromatic rings. The first-order chi connectivity index (χ1) is 14.1. The number of amides is 2. The number of carbonyl (C=O) groups excluding carboxylic acids is 1. The summed E-state index contributed by atoms with van der Waals surface area (Å²) in [6, 6.07) is 12.0. The average molecular weight is 394 g/mol. The molecule has 0 fully saturated rings. The van der Waals surface area contributed by atoms with Gasteiger partial charge in [0.25, 0.3) is 0 Å². The molecule has 2 aromatic carbocycles. The largest absolute Gasteiger partial charge is 0.493 e. The molecule has 2 heterocycles. The van der Waals surface area contributed by atoms with Gasteiger partial charge in [-0.3, -0.25) is 0 Å². The first-order valence-corrected chi connectivity index (χ1v) is 9.79. The molecule has 7 nitrogen and oxygen atoms in total. The summed E-state index contributed by atoms with van der Waals surface area (Å²) in [5.74, 6) is 2.37. The molecule has 0 saturated carbocycles. The van der Waals surface area contributed by atoms with Gasteiger partial charge in [-0.2, -0.15) is 0 Å². The first-order valence-electron chi connectivity index (χ1n) is 9.79. The number of para-hydroxylation sites is 2. The van der Waals surface area contributed by atoms with Gasteiger partial charge in [0.15, 0.2) is 11.5 Å². The van der Waals surface area contributed by atoms with Crippen molar-refractivity contribution in [2.24, 2.45) is 0 Å². The lowest BCUT2D eigenvalue weighted by Crippen LogP contribution is -2.43. The number of rotatable bonds is 5. The third kappa shape index (κ3) is 3.72. The van der Waals surface area contributed by atoms with Crippen LogP contribution in [-0.2, 0) is 19.5 Å². The minimum Gasteiger partial charge on any atom is -0.493 e. The molecule has 0 saturated heterocycles. The molecule has 1 aromatic heterocycles. The minimum atomic E-state index is -0.0486. The maximum absolute atomic E-state index is 12.7.